The number of nitriles is 1. The van der Waals surface area contributed by atoms with E-state index in [4.69, 9.17) is 0 Å². The fourth-order valence-corrected chi connectivity index (χ4v) is 3.14. The van der Waals surface area contributed by atoms with Crippen LogP contribution in [0, 0.1) is 29.9 Å². The predicted molar refractivity (Wildman–Crippen MR) is 77.5 cm³/mol. The van der Waals surface area contributed by atoms with Gasteiger partial charge >= 0.3 is 0 Å². The minimum absolute atomic E-state index is 0.362. The van der Waals surface area contributed by atoms with Gasteiger partial charge in [-0.3, -0.25) is 4.79 Å². The van der Waals surface area contributed by atoms with Crippen molar-refractivity contribution in [2.45, 2.75) is 20.3 Å². The van der Waals surface area contributed by atoms with E-state index >= 15 is 0 Å². The molecule has 0 bridgehead atoms. The van der Waals surface area contributed by atoms with Crippen molar-refractivity contribution in [3.8, 4) is 6.07 Å². The van der Waals surface area contributed by atoms with Gasteiger partial charge < -0.3 is 5.32 Å². The van der Waals surface area contributed by atoms with Gasteiger partial charge in [0.15, 0.2) is 0 Å². The van der Waals surface area contributed by atoms with E-state index in [2.05, 4.69) is 5.32 Å². The van der Waals surface area contributed by atoms with E-state index in [-0.39, 0.29) is 5.56 Å². The minimum atomic E-state index is -0.809. The molecule has 0 atom stereocenters. The van der Waals surface area contributed by atoms with Crippen LogP contribution < -0.4 is 5.32 Å². The van der Waals surface area contributed by atoms with Crippen LogP contribution >= 0.6 is 11.3 Å². The number of amides is 1. The summed E-state index contributed by atoms with van der Waals surface area (Å²) in [5, 5.41) is 12.1. The summed E-state index contributed by atoms with van der Waals surface area (Å²) in [5.74, 6) is -2.28. The van der Waals surface area contributed by atoms with Crippen molar-refractivity contribution in [1.29, 1.82) is 5.26 Å². The number of carbonyl (C=O) groups excluding carboxylic acids is 1. The summed E-state index contributed by atoms with van der Waals surface area (Å²) in [5.41, 5.74) is 0.852. The summed E-state index contributed by atoms with van der Waals surface area (Å²) in [7, 11) is 0. The van der Waals surface area contributed by atoms with Crippen molar-refractivity contribution in [2.75, 3.05) is 5.32 Å². The normalized spacial score (nSPS) is 10.2. The Morgan fingerprint density at radius 1 is 1.43 bits per heavy atom. The first-order chi connectivity index (χ1) is 9.97. The van der Waals surface area contributed by atoms with Gasteiger partial charge in [-0.2, -0.15) is 5.26 Å². The van der Waals surface area contributed by atoms with Crippen LogP contribution in [0.3, 0.4) is 0 Å². The maximum atomic E-state index is 13.6. The average molecular weight is 306 g/mol. The Balaban J connectivity index is 2.37. The standard InChI is InChI=1S/C15H12F2N2OS/c1-3-10-8(2)21-15(12(10)7-18)19-14(20)11-6-9(16)4-5-13(11)17/h4-6H,3H2,1-2H3,(H,19,20). The van der Waals surface area contributed by atoms with Crippen molar-refractivity contribution in [1.82, 2.24) is 0 Å². The Morgan fingerprint density at radius 3 is 2.76 bits per heavy atom. The monoisotopic (exact) mass is 306 g/mol. The summed E-state index contributed by atoms with van der Waals surface area (Å²) in [6, 6.07) is 4.72. The molecule has 0 saturated heterocycles. The third kappa shape index (κ3) is 2.93. The number of nitrogens with zero attached hydrogens (tertiary/aromatic N) is 1. The zero-order valence-corrected chi connectivity index (χ0v) is 12.3. The van der Waals surface area contributed by atoms with Crippen LogP contribution in [0.15, 0.2) is 18.2 Å². The second-order valence-corrected chi connectivity index (χ2v) is 5.61. The third-order valence-corrected chi connectivity index (χ3v) is 4.14. The van der Waals surface area contributed by atoms with Gasteiger partial charge in [0.05, 0.1) is 11.1 Å². The van der Waals surface area contributed by atoms with Crippen LogP contribution in [-0.4, -0.2) is 5.91 Å². The highest BCUT2D eigenvalue weighted by Crippen LogP contribution is 2.33. The Morgan fingerprint density at radius 2 is 2.14 bits per heavy atom. The summed E-state index contributed by atoms with van der Waals surface area (Å²) in [4.78, 5) is 13.0. The molecule has 0 fully saturated rings. The van der Waals surface area contributed by atoms with Crippen LogP contribution in [0.25, 0.3) is 0 Å². The highest BCUT2D eigenvalue weighted by molar-refractivity contribution is 7.16. The lowest BCUT2D eigenvalue weighted by Crippen LogP contribution is -2.14. The van der Waals surface area contributed by atoms with E-state index in [0.717, 1.165) is 28.6 Å². The molecule has 108 valence electrons. The lowest BCUT2D eigenvalue weighted by Gasteiger charge is -2.05. The van der Waals surface area contributed by atoms with Crippen molar-refractivity contribution in [3.05, 3.63) is 51.4 Å². The van der Waals surface area contributed by atoms with Crippen LogP contribution in [0.4, 0.5) is 13.8 Å². The molecule has 1 aromatic heterocycles. The summed E-state index contributed by atoms with van der Waals surface area (Å²) in [6.45, 7) is 3.76. The molecule has 0 unspecified atom stereocenters. The summed E-state index contributed by atoms with van der Waals surface area (Å²) >= 11 is 1.25. The number of nitrogens with one attached hydrogen (secondary N) is 1. The van der Waals surface area contributed by atoms with E-state index in [9.17, 15) is 18.8 Å². The Kier molecular flexibility index (Phi) is 4.34. The molecule has 2 rings (SSSR count). The smallest absolute Gasteiger partial charge is 0.259 e. The Hall–Kier alpha value is -2.26. The number of halogens is 2. The largest absolute Gasteiger partial charge is 0.312 e. The molecule has 1 N–H and O–H groups in total. The molecule has 0 aliphatic rings. The summed E-state index contributed by atoms with van der Waals surface area (Å²) < 4.78 is 26.7. The van der Waals surface area contributed by atoms with Gasteiger partial charge in [-0.15, -0.1) is 11.3 Å². The number of anilines is 1. The molecule has 6 heteroatoms. The van der Waals surface area contributed by atoms with Gasteiger partial charge in [0, 0.05) is 4.88 Å². The molecule has 0 radical (unpaired) electrons. The SMILES string of the molecule is CCc1c(C)sc(NC(=O)c2cc(F)ccc2F)c1C#N. The van der Waals surface area contributed by atoms with Gasteiger partial charge in [-0.05, 0) is 37.1 Å². The minimum Gasteiger partial charge on any atom is -0.312 e. The fraction of sp³-hybridized carbons (Fsp3) is 0.200. The van der Waals surface area contributed by atoms with Crippen molar-refractivity contribution in [3.63, 3.8) is 0 Å². The first-order valence-electron chi connectivity index (χ1n) is 6.26. The molecule has 0 aliphatic carbocycles. The third-order valence-electron chi connectivity index (χ3n) is 3.07. The molecule has 2 aromatic rings. The fourth-order valence-electron chi connectivity index (χ4n) is 2.05. The number of rotatable bonds is 3. The number of carbonyl (C=O) groups is 1. The van der Waals surface area contributed by atoms with E-state index in [1.165, 1.54) is 11.3 Å². The topological polar surface area (TPSA) is 52.9 Å². The van der Waals surface area contributed by atoms with Crippen LogP contribution in [0.1, 0.15) is 33.3 Å². The molecular weight excluding hydrogens is 294 g/mol. The molecule has 21 heavy (non-hydrogen) atoms. The number of thiophene rings is 1. The molecular formula is C15H12F2N2OS. The highest BCUT2D eigenvalue weighted by Gasteiger charge is 2.19. The Labute approximate surface area is 124 Å². The van der Waals surface area contributed by atoms with Gasteiger partial charge in [-0.25, -0.2) is 8.78 Å². The van der Waals surface area contributed by atoms with E-state index in [1.54, 1.807) is 0 Å². The van der Waals surface area contributed by atoms with E-state index < -0.39 is 17.5 Å². The quantitative estimate of drug-likeness (QED) is 0.931. The molecule has 1 aromatic carbocycles. The highest BCUT2D eigenvalue weighted by atomic mass is 32.1. The molecule has 0 aliphatic heterocycles. The lowest BCUT2D eigenvalue weighted by molar-refractivity contribution is 0.102. The van der Waals surface area contributed by atoms with Gasteiger partial charge in [0.1, 0.15) is 22.7 Å². The van der Waals surface area contributed by atoms with Gasteiger partial charge in [0.25, 0.3) is 5.91 Å². The molecule has 3 nitrogen and oxygen atoms in total. The molecule has 0 spiro atoms. The van der Waals surface area contributed by atoms with Crippen LogP contribution in [-0.2, 0) is 6.42 Å². The van der Waals surface area contributed by atoms with Gasteiger partial charge in [0.2, 0.25) is 0 Å². The van der Waals surface area contributed by atoms with Crippen molar-refractivity contribution < 1.29 is 13.6 Å². The second-order valence-electron chi connectivity index (χ2n) is 4.38. The first kappa shape index (κ1) is 15.1. The molecule has 0 saturated carbocycles. The second kappa shape index (κ2) is 6.02. The zero-order valence-electron chi connectivity index (χ0n) is 11.5. The maximum absolute atomic E-state index is 13.6. The number of hydrogen-bond donors (Lipinski definition) is 1. The first-order valence-corrected chi connectivity index (χ1v) is 7.08. The van der Waals surface area contributed by atoms with Crippen LogP contribution in [0.5, 0.6) is 0 Å². The van der Waals surface area contributed by atoms with E-state index in [0.29, 0.717) is 17.0 Å². The maximum Gasteiger partial charge on any atom is 0.259 e. The van der Waals surface area contributed by atoms with Gasteiger partial charge in [-0.1, -0.05) is 6.92 Å². The summed E-state index contributed by atoms with van der Waals surface area (Å²) in [6.07, 6.45) is 0.662. The Bertz CT molecular complexity index is 747. The van der Waals surface area contributed by atoms with Crippen LogP contribution in [0.2, 0.25) is 0 Å². The molecule has 1 heterocycles. The lowest BCUT2D eigenvalue weighted by atomic mass is 10.1. The van der Waals surface area contributed by atoms with E-state index in [1.807, 2.05) is 19.9 Å². The molecule has 1 amide bonds. The zero-order chi connectivity index (χ0) is 15.6. The predicted octanol–water partition coefficient (Wildman–Crippen LogP) is 4.02. The van der Waals surface area contributed by atoms with Crippen molar-refractivity contribution >= 4 is 22.2 Å². The number of hydrogen-bond acceptors (Lipinski definition) is 3. The average Bonchev–Trinajstić information content (AvgIpc) is 2.75. The number of benzene rings is 1. The number of aryl methyl sites for hydroxylation is 1. The van der Waals surface area contributed by atoms with Crippen molar-refractivity contribution in [2.24, 2.45) is 0 Å².